The summed E-state index contributed by atoms with van der Waals surface area (Å²) < 4.78 is 5.59. The van der Waals surface area contributed by atoms with Gasteiger partial charge in [0, 0.05) is 53.0 Å². The van der Waals surface area contributed by atoms with Gasteiger partial charge in [0.05, 0.1) is 5.00 Å². The normalized spacial score (nSPS) is 15.3. The predicted molar refractivity (Wildman–Crippen MR) is 115 cm³/mol. The summed E-state index contributed by atoms with van der Waals surface area (Å²) in [5, 5.41) is 6.98. The Kier molecular flexibility index (Phi) is 11.4. The first-order chi connectivity index (χ1) is 11.3. The second-order valence-electron chi connectivity index (χ2n) is 5.72. The van der Waals surface area contributed by atoms with E-state index in [0.29, 0.717) is 0 Å². The van der Waals surface area contributed by atoms with Crippen molar-refractivity contribution < 1.29 is 4.74 Å². The van der Waals surface area contributed by atoms with Crippen molar-refractivity contribution in [3.8, 4) is 0 Å². The van der Waals surface area contributed by atoms with Crippen molar-refractivity contribution in [3.05, 3.63) is 17.5 Å². The lowest BCUT2D eigenvalue weighted by atomic mass is 10.3. The van der Waals surface area contributed by atoms with Gasteiger partial charge in [0.25, 0.3) is 0 Å². The molecule has 0 amide bonds. The molecule has 1 aromatic heterocycles. The number of anilines is 1. The highest BCUT2D eigenvalue weighted by Crippen LogP contribution is 2.22. The third-order valence-electron chi connectivity index (χ3n) is 4.00. The van der Waals surface area contributed by atoms with Gasteiger partial charge >= 0.3 is 0 Å². The lowest BCUT2D eigenvalue weighted by molar-refractivity contribution is 0.129. The Bertz CT molecular complexity index is 447. The molecular weight excluding hydrogens is 435 g/mol. The molecule has 7 heteroatoms. The number of hydrogen-bond acceptors (Lipinski definition) is 4. The van der Waals surface area contributed by atoms with Crippen LogP contribution in [0.15, 0.2) is 22.5 Å². The number of halogens is 1. The molecule has 0 atom stereocenters. The van der Waals surface area contributed by atoms with E-state index in [1.165, 1.54) is 11.4 Å². The van der Waals surface area contributed by atoms with E-state index in [9.17, 15) is 0 Å². The molecule has 0 bridgehead atoms. The SMILES string of the molecule is CCCCOCCCNC(=NC)N1CCN(c2cccs2)CC1.I. The number of nitrogens with one attached hydrogen (secondary N) is 1. The molecule has 5 nitrogen and oxygen atoms in total. The minimum atomic E-state index is 0. The molecule has 1 N–H and O–H groups in total. The summed E-state index contributed by atoms with van der Waals surface area (Å²) in [7, 11) is 1.87. The van der Waals surface area contributed by atoms with Crippen LogP contribution in [-0.4, -0.2) is 63.8 Å². The number of guanidine groups is 1. The Morgan fingerprint density at radius 3 is 2.62 bits per heavy atom. The van der Waals surface area contributed by atoms with Crippen molar-refractivity contribution in [3.63, 3.8) is 0 Å². The number of rotatable bonds is 8. The van der Waals surface area contributed by atoms with Gasteiger partial charge in [0.2, 0.25) is 0 Å². The molecule has 1 fully saturated rings. The first-order valence-corrected chi connectivity index (χ1v) is 9.55. The highest BCUT2D eigenvalue weighted by atomic mass is 127. The van der Waals surface area contributed by atoms with Gasteiger partial charge in [0.15, 0.2) is 5.96 Å². The van der Waals surface area contributed by atoms with E-state index in [0.717, 1.165) is 64.7 Å². The maximum Gasteiger partial charge on any atom is 0.193 e. The van der Waals surface area contributed by atoms with E-state index in [-0.39, 0.29) is 24.0 Å². The molecule has 2 heterocycles. The van der Waals surface area contributed by atoms with Gasteiger partial charge in [-0.15, -0.1) is 35.3 Å². The van der Waals surface area contributed by atoms with Gasteiger partial charge in [0.1, 0.15) is 0 Å². The van der Waals surface area contributed by atoms with E-state index < -0.39 is 0 Å². The first kappa shape index (κ1) is 21.5. The Balaban J connectivity index is 0.00000288. The first-order valence-electron chi connectivity index (χ1n) is 8.67. The summed E-state index contributed by atoms with van der Waals surface area (Å²) in [6.45, 7) is 8.97. The van der Waals surface area contributed by atoms with Gasteiger partial charge in [-0.2, -0.15) is 0 Å². The van der Waals surface area contributed by atoms with Crippen LogP contribution in [0.25, 0.3) is 0 Å². The van der Waals surface area contributed by atoms with Gasteiger partial charge in [-0.25, -0.2) is 0 Å². The number of piperazine rings is 1. The topological polar surface area (TPSA) is 40.1 Å². The Morgan fingerprint density at radius 2 is 2.00 bits per heavy atom. The third-order valence-corrected chi connectivity index (χ3v) is 4.93. The molecule has 0 unspecified atom stereocenters. The second-order valence-corrected chi connectivity index (χ2v) is 6.64. The number of unbranched alkanes of at least 4 members (excludes halogenated alkanes) is 1. The third kappa shape index (κ3) is 7.14. The number of thiophene rings is 1. The summed E-state index contributed by atoms with van der Waals surface area (Å²) in [5.74, 6) is 1.02. The second kappa shape index (κ2) is 12.8. The monoisotopic (exact) mass is 466 g/mol. The van der Waals surface area contributed by atoms with Crippen molar-refractivity contribution in [2.24, 2.45) is 4.99 Å². The standard InChI is InChI=1S/C17H30N4OS.HI/c1-3-4-13-22-14-6-8-19-17(18-2)21-11-9-20(10-12-21)16-7-5-15-23-16;/h5,7,15H,3-4,6,8-14H2,1-2H3,(H,18,19);1H. The molecule has 0 aromatic carbocycles. The molecule has 24 heavy (non-hydrogen) atoms. The fourth-order valence-electron chi connectivity index (χ4n) is 2.64. The highest BCUT2D eigenvalue weighted by Gasteiger charge is 2.19. The summed E-state index contributed by atoms with van der Waals surface area (Å²) >= 11 is 1.82. The van der Waals surface area contributed by atoms with Gasteiger partial charge < -0.3 is 19.9 Å². The zero-order valence-corrected chi connectivity index (χ0v) is 18.0. The molecule has 1 aromatic rings. The van der Waals surface area contributed by atoms with Crippen LogP contribution in [0.4, 0.5) is 5.00 Å². The zero-order valence-electron chi connectivity index (χ0n) is 14.9. The van der Waals surface area contributed by atoms with Crippen LogP contribution in [0.1, 0.15) is 26.2 Å². The minimum absolute atomic E-state index is 0. The van der Waals surface area contributed by atoms with Crippen LogP contribution >= 0.6 is 35.3 Å². The smallest absolute Gasteiger partial charge is 0.193 e. The lowest BCUT2D eigenvalue weighted by Crippen LogP contribution is -2.52. The largest absolute Gasteiger partial charge is 0.381 e. The van der Waals surface area contributed by atoms with E-state index in [1.807, 2.05) is 18.4 Å². The fraction of sp³-hybridized carbons (Fsp3) is 0.706. The van der Waals surface area contributed by atoms with E-state index in [2.05, 4.69) is 44.5 Å². The molecule has 138 valence electrons. The quantitative estimate of drug-likeness (QED) is 0.276. The molecule has 0 radical (unpaired) electrons. The number of hydrogen-bond donors (Lipinski definition) is 1. The van der Waals surface area contributed by atoms with E-state index in [1.54, 1.807) is 0 Å². The van der Waals surface area contributed by atoms with Crippen LogP contribution in [0.3, 0.4) is 0 Å². The highest BCUT2D eigenvalue weighted by molar-refractivity contribution is 14.0. The molecular formula is C17H31IN4OS. The Morgan fingerprint density at radius 1 is 1.25 bits per heavy atom. The molecule has 2 rings (SSSR count). The summed E-state index contributed by atoms with van der Waals surface area (Å²) in [4.78, 5) is 9.23. The van der Waals surface area contributed by atoms with Crippen molar-refractivity contribution in [2.45, 2.75) is 26.2 Å². The van der Waals surface area contributed by atoms with E-state index in [4.69, 9.17) is 4.74 Å². The number of aliphatic imine (C=N–C) groups is 1. The average molecular weight is 466 g/mol. The maximum absolute atomic E-state index is 5.59. The Hall–Kier alpha value is -0.540. The van der Waals surface area contributed by atoms with Crippen molar-refractivity contribution in [2.75, 3.05) is 57.9 Å². The summed E-state index contributed by atoms with van der Waals surface area (Å²) in [5.41, 5.74) is 0. The Labute approximate surface area is 167 Å². The van der Waals surface area contributed by atoms with Crippen LogP contribution in [-0.2, 0) is 4.74 Å². The molecule has 0 spiro atoms. The zero-order chi connectivity index (χ0) is 16.3. The molecule has 0 saturated carbocycles. The molecule has 1 aliphatic heterocycles. The number of nitrogens with zero attached hydrogens (tertiary/aromatic N) is 3. The van der Waals surface area contributed by atoms with E-state index >= 15 is 0 Å². The molecule has 1 saturated heterocycles. The van der Waals surface area contributed by atoms with Crippen LogP contribution in [0, 0.1) is 0 Å². The predicted octanol–water partition coefficient (Wildman–Crippen LogP) is 3.27. The van der Waals surface area contributed by atoms with Crippen molar-refractivity contribution in [1.29, 1.82) is 0 Å². The van der Waals surface area contributed by atoms with Gasteiger partial charge in [-0.1, -0.05) is 13.3 Å². The molecule has 0 aliphatic carbocycles. The van der Waals surface area contributed by atoms with Crippen molar-refractivity contribution in [1.82, 2.24) is 10.2 Å². The lowest BCUT2D eigenvalue weighted by Gasteiger charge is -2.37. The van der Waals surface area contributed by atoms with Gasteiger partial charge in [-0.05, 0) is 30.4 Å². The fourth-order valence-corrected chi connectivity index (χ4v) is 3.43. The van der Waals surface area contributed by atoms with Gasteiger partial charge in [-0.3, -0.25) is 4.99 Å². The summed E-state index contributed by atoms with van der Waals surface area (Å²) in [6, 6.07) is 4.32. The van der Waals surface area contributed by atoms with Crippen LogP contribution in [0.2, 0.25) is 0 Å². The van der Waals surface area contributed by atoms with Crippen LogP contribution < -0.4 is 10.2 Å². The maximum atomic E-state index is 5.59. The molecule has 1 aliphatic rings. The minimum Gasteiger partial charge on any atom is -0.381 e. The number of ether oxygens (including phenoxy) is 1. The van der Waals surface area contributed by atoms with Crippen molar-refractivity contribution >= 4 is 46.3 Å². The average Bonchev–Trinajstić information content (AvgIpc) is 3.12. The summed E-state index contributed by atoms with van der Waals surface area (Å²) in [6.07, 6.45) is 3.38. The van der Waals surface area contributed by atoms with Crippen LogP contribution in [0.5, 0.6) is 0 Å².